The van der Waals surface area contributed by atoms with Crippen molar-refractivity contribution in [3.8, 4) is 11.5 Å². The molecule has 2 fully saturated rings. The number of allylic oxidation sites excluding steroid dienone is 2. The molecular weight excluding hydrogens is 398 g/mol. The fourth-order valence-corrected chi connectivity index (χ4v) is 4.84. The standard InChI is InChI=1S/C23H29N3O5/c1-30-19-6-4-14(11-20(19)31-2)7-8-26-22(28)18(25-23(26)29)12-21(27)24-13-17-10-15-3-5-16(17)9-15/h3-6,11,15-18H,7-10,12-13H2,1-2H3,(H,24,27)(H,25,29). The third-order valence-corrected chi connectivity index (χ3v) is 6.55. The molecule has 0 aromatic heterocycles. The van der Waals surface area contributed by atoms with Crippen molar-refractivity contribution in [3.63, 3.8) is 0 Å². The Labute approximate surface area is 181 Å². The molecule has 4 unspecified atom stereocenters. The number of benzene rings is 1. The molecule has 1 aliphatic heterocycles. The van der Waals surface area contributed by atoms with Crippen molar-refractivity contribution < 1.29 is 23.9 Å². The lowest BCUT2D eigenvalue weighted by atomic mass is 9.93. The number of carbonyl (C=O) groups excluding carboxylic acids is 3. The first kappa shape index (κ1) is 21.2. The first-order chi connectivity index (χ1) is 15.0. The van der Waals surface area contributed by atoms with Crippen LogP contribution in [0.25, 0.3) is 0 Å². The Balaban J connectivity index is 1.26. The maximum atomic E-state index is 12.7. The molecule has 8 heteroatoms. The van der Waals surface area contributed by atoms with E-state index in [2.05, 4.69) is 22.8 Å². The van der Waals surface area contributed by atoms with Crippen LogP contribution in [0.1, 0.15) is 24.8 Å². The van der Waals surface area contributed by atoms with Crippen molar-refractivity contribution in [2.24, 2.45) is 17.8 Å². The Morgan fingerprint density at radius 3 is 2.65 bits per heavy atom. The third-order valence-electron chi connectivity index (χ3n) is 6.55. The molecule has 2 bridgehead atoms. The summed E-state index contributed by atoms with van der Waals surface area (Å²) in [6.45, 7) is 0.859. The van der Waals surface area contributed by atoms with Gasteiger partial charge in [0.05, 0.1) is 20.6 Å². The van der Waals surface area contributed by atoms with Crippen molar-refractivity contribution in [3.05, 3.63) is 35.9 Å². The first-order valence-electron chi connectivity index (χ1n) is 10.8. The lowest BCUT2D eigenvalue weighted by Crippen LogP contribution is -2.38. The fourth-order valence-electron chi connectivity index (χ4n) is 4.84. The number of ether oxygens (including phenoxy) is 2. The monoisotopic (exact) mass is 427 g/mol. The highest BCUT2D eigenvalue weighted by atomic mass is 16.5. The fraction of sp³-hybridized carbons (Fsp3) is 0.522. The van der Waals surface area contributed by atoms with E-state index in [-0.39, 0.29) is 24.8 Å². The quantitative estimate of drug-likeness (QED) is 0.463. The van der Waals surface area contributed by atoms with E-state index >= 15 is 0 Å². The van der Waals surface area contributed by atoms with Crippen LogP contribution in [0.3, 0.4) is 0 Å². The number of hydrogen-bond donors (Lipinski definition) is 2. The van der Waals surface area contributed by atoms with Crippen molar-refractivity contribution in [1.29, 1.82) is 0 Å². The molecule has 0 radical (unpaired) electrons. The molecule has 0 spiro atoms. The summed E-state index contributed by atoms with van der Waals surface area (Å²) in [5, 5.41) is 5.58. The summed E-state index contributed by atoms with van der Waals surface area (Å²) in [5.74, 6) is 2.35. The van der Waals surface area contributed by atoms with Crippen molar-refractivity contribution in [1.82, 2.24) is 15.5 Å². The Hall–Kier alpha value is -3.03. The van der Waals surface area contributed by atoms with E-state index in [4.69, 9.17) is 9.47 Å². The van der Waals surface area contributed by atoms with Crippen LogP contribution >= 0.6 is 0 Å². The van der Waals surface area contributed by atoms with Crippen LogP contribution in [0.4, 0.5) is 4.79 Å². The Kier molecular flexibility index (Phi) is 6.15. The van der Waals surface area contributed by atoms with Gasteiger partial charge < -0.3 is 20.1 Å². The third kappa shape index (κ3) is 4.52. The van der Waals surface area contributed by atoms with E-state index in [1.165, 1.54) is 11.3 Å². The molecule has 1 aromatic carbocycles. The highest BCUT2D eigenvalue weighted by Gasteiger charge is 2.39. The topological polar surface area (TPSA) is 97.0 Å². The average Bonchev–Trinajstić information content (AvgIpc) is 3.46. The second-order valence-electron chi connectivity index (χ2n) is 8.48. The lowest BCUT2D eigenvalue weighted by Gasteiger charge is -2.19. The molecule has 4 amide bonds. The van der Waals surface area contributed by atoms with Crippen LogP contribution in [0.5, 0.6) is 11.5 Å². The molecule has 1 aromatic rings. The van der Waals surface area contributed by atoms with E-state index in [1.807, 2.05) is 12.1 Å². The van der Waals surface area contributed by atoms with Crippen LogP contribution in [0.15, 0.2) is 30.4 Å². The van der Waals surface area contributed by atoms with Gasteiger partial charge in [-0.1, -0.05) is 18.2 Å². The maximum Gasteiger partial charge on any atom is 0.324 e. The lowest BCUT2D eigenvalue weighted by molar-refractivity contribution is -0.130. The van der Waals surface area contributed by atoms with Gasteiger partial charge in [-0.05, 0) is 54.7 Å². The normalized spacial score (nSPS) is 26.3. The minimum absolute atomic E-state index is 0.0336. The molecule has 1 saturated carbocycles. The van der Waals surface area contributed by atoms with Crippen molar-refractivity contribution in [2.45, 2.75) is 31.7 Å². The smallest absolute Gasteiger partial charge is 0.324 e. The zero-order chi connectivity index (χ0) is 22.0. The largest absolute Gasteiger partial charge is 0.493 e. The zero-order valence-corrected chi connectivity index (χ0v) is 17.9. The number of fused-ring (bicyclic) bond motifs is 2. The van der Waals surface area contributed by atoms with Gasteiger partial charge in [-0.15, -0.1) is 0 Å². The number of rotatable bonds is 9. The minimum Gasteiger partial charge on any atom is -0.493 e. The number of methoxy groups -OCH3 is 2. The highest BCUT2D eigenvalue weighted by Crippen LogP contribution is 2.42. The molecule has 3 aliphatic rings. The second-order valence-corrected chi connectivity index (χ2v) is 8.48. The van der Waals surface area contributed by atoms with Crippen LogP contribution in [-0.2, 0) is 16.0 Å². The summed E-state index contributed by atoms with van der Waals surface area (Å²) in [5.41, 5.74) is 0.916. The highest BCUT2D eigenvalue weighted by molar-refractivity contribution is 6.05. The summed E-state index contributed by atoms with van der Waals surface area (Å²) < 4.78 is 10.5. The van der Waals surface area contributed by atoms with Gasteiger partial charge in [0.2, 0.25) is 5.91 Å². The summed E-state index contributed by atoms with van der Waals surface area (Å²) >= 11 is 0. The molecule has 8 nitrogen and oxygen atoms in total. The number of hydrogen-bond acceptors (Lipinski definition) is 5. The summed E-state index contributed by atoms with van der Waals surface area (Å²) in [4.78, 5) is 38.5. The van der Waals surface area contributed by atoms with Gasteiger partial charge >= 0.3 is 6.03 Å². The van der Waals surface area contributed by atoms with Gasteiger partial charge in [0.25, 0.3) is 5.91 Å². The number of amides is 4. The molecule has 31 heavy (non-hydrogen) atoms. The SMILES string of the molecule is COc1ccc(CCN2C(=O)NC(CC(=O)NCC3CC4C=CC3C4)C2=O)cc1OC. The minimum atomic E-state index is -0.808. The number of imide groups is 1. The van der Waals surface area contributed by atoms with Gasteiger partial charge in [0.15, 0.2) is 11.5 Å². The van der Waals surface area contributed by atoms with Crippen molar-refractivity contribution in [2.75, 3.05) is 27.3 Å². The molecule has 1 saturated heterocycles. The molecule has 1 heterocycles. The van der Waals surface area contributed by atoms with E-state index in [0.29, 0.717) is 42.2 Å². The predicted molar refractivity (Wildman–Crippen MR) is 114 cm³/mol. The van der Waals surface area contributed by atoms with Gasteiger partial charge in [0, 0.05) is 13.1 Å². The number of carbonyl (C=O) groups is 3. The van der Waals surface area contributed by atoms with Gasteiger partial charge in [-0.3, -0.25) is 14.5 Å². The second kappa shape index (κ2) is 8.99. The molecule has 2 N–H and O–H groups in total. The van der Waals surface area contributed by atoms with Gasteiger partial charge in [0.1, 0.15) is 6.04 Å². The average molecular weight is 428 g/mol. The Morgan fingerprint density at radius 2 is 1.97 bits per heavy atom. The van der Waals surface area contributed by atoms with E-state index < -0.39 is 12.1 Å². The van der Waals surface area contributed by atoms with Gasteiger partial charge in [-0.25, -0.2) is 4.79 Å². The van der Waals surface area contributed by atoms with E-state index in [9.17, 15) is 14.4 Å². The Bertz CT molecular complexity index is 899. The van der Waals surface area contributed by atoms with Crippen LogP contribution < -0.4 is 20.1 Å². The maximum absolute atomic E-state index is 12.7. The Morgan fingerprint density at radius 1 is 1.16 bits per heavy atom. The summed E-state index contributed by atoms with van der Waals surface area (Å²) in [6.07, 6.45) is 7.27. The van der Waals surface area contributed by atoms with Crippen LogP contribution in [0, 0.1) is 17.8 Å². The van der Waals surface area contributed by atoms with Crippen LogP contribution in [-0.4, -0.2) is 56.1 Å². The first-order valence-corrected chi connectivity index (χ1v) is 10.8. The van der Waals surface area contributed by atoms with Crippen molar-refractivity contribution >= 4 is 17.8 Å². The molecule has 2 aliphatic carbocycles. The number of urea groups is 1. The predicted octanol–water partition coefficient (Wildman–Crippen LogP) is 1.89. The number of nitrogens with one attached hydrogen (secondary N) is 2. The molecule has 166 valence electrons. The van der Waals surface area contributed by atoms with E-state index in [1.54, 1.807) is 20.3 Å². The molecule has 4 atom stereocenters. The van der Waals surface area contributed by atoms with E-state index in [0.717, 1.165) is 12.0 Å². The number of nitrogens with zero attached hydrogens (tertiary/aromatic N) is 1. The van der Waals surface area contributed by atoms with Gasteiger partial charge in [-0.2, -0.15) is 0 Å². The zero-order valence-electron chi connectivity index (χ0n) is 17.9. The molecular formula is C23H29N3O5. The summed E-state index contributed by atoms with van der Waals surface area (Å²) in [7, 11) is 3.12. The molecule has 4 rings (SSSR count). The summed E-state index contributed by atoms with van der Waals surface area (Å²) in [6, 6.07) is 4.22. The van der Waals surface area contributed by atoms with Crippen LogP contribution in [0.2, 0.25) is 0 Å².